The summed E-state index contributed by atoms with van der Waals surface area (Å²) in [6.45, 7) is 2.87. The topological polar surface area (TPSA) is 172 Å². The van der Waals surface area contributed by atoms with Crippen LogP contribution < -0.4 is 5.73 Å². The third-order valence-electron chi connectivity index (χ3n) is 12.5. The third kappa shape index (κ3) is 48.7. The fourth-order valence-corrected chi connectivity index (χ4v) is 8.96. The van der Waals surface area contributed by atoms with Gasteiger partial charge in [0.25, 0.3) is 0 Å². The van der Waals surface area contributed by atoms with E-state index >= 15 is 0 Å². The van der Waals surface area contributed by atoms with Gasteiger partial charge in [0.05, 0.1) is 13.2 Å². The number of carboxylic acids is 1. The minimum atomic E-state index is -4.72. The smallest absolute Gasteiger partial charge is 0.472 e. The number of phosphoric ester groups is 1. The Morgan fingerprint density at radius 1 is 0.455 bits per heavy atom. The highest BCUT2D eigenvalue weighted by atomic mass is 31.2. The highest BCUT2D eigenvalue weighted by molar-refractivity contribution is 7.47. The summed E-state index contributed by atoms with van der Waals surface area (Å²) in [6.07, 6.45) is 54.2. The lowest BCUT2D eigenvalue weighted by atomic mass is 10.0. The lowest BCUT2D eigenvalue weighted by Gasteiger charge is -2.20. The number of rotatable bonds is 53. The van der Waals surface area contributed by atoms with Gasteiger partial charge in [0.2, 0.25) is 0 Å². The minimum absolute atomic E-state index is 0.166. The molecule has 0 aliphatic heterocycles. The van der Waals surface area contributed by atoms with Gasteiger partial charge in [-0.15, -0.1) is 0 Å². The van der Waals surface area contributed by atoms with Crippen molar-refractivity contribution < 1.29 is 47.5 Å². The Bertz CT molecular complexity index is 1170. The van der Waals surface area contributed by atoms with E-state index in [1.54, 1.807) is 0 Å². The van der Waals surface area contributed by atoms with Crippen molar-refractivity contribution in [1.82, 2.24) is 0 Å². The number of nitrogens with two attached hydrogens (primary N) is 1. The fraction of sp³-hybridized carbons (Fsp3) is 0.907. The van der Waals surface area contributed by atoms with E-state index in [9.17, 15) is 23.8 Å². The highest BCUT2D eigenvalue weighted by Crippen LogP contribution is 2.43. The molecule has 3 atom stereocenters. The Balaban J connectivity index is 4.15. The van der Waals surface area contributed by atoms with Crippen LogP contribution in [0.4, 0.5) is 0 Å². The molecule has 0 radical (unpaired) electrons. The zero-order valence-electron chi connectivity index (χ0n) is 42.8. The number of allylic oxidation sites excluding steroid dienone is 2. The number of esters is 2. The first-order valence-corrected chi connectivity index (χ1v) is 29.2. The van der Waals surface area contributed by atoms with Crippen LogP contribution in [-0.2, 0) is 37.5 Å². The number of ether oxygens (including phenoxy) is 2. The van der Waals surface area contributed by atoms with Crippen LogP contribution in [0.2, 0.25) is 0 Å². The lowest BCUT2D eigenvalue weighted by molar-refractivity contribution is -0.161. The second-order valence-corrected chi connectivity index (χ2v) is 20.5. The summed E-state index contributed by atoms with van der Waals surface area (Å²) in [5.74, 6) is -2.35. The van der Waals surface area contributed by atoms with Crippen molar-refractivity contribution in [3.63, 3.8) is 0 Å². The Hall–Kier alpha value is -1.78. The van der Waals surface area contributed by atoms with Crippen LogP contribution in [0.1, 0.15) is 284 Å². The fourth-order valence-electron chi connectivity index (χ4n) is 8.18. The number of aliphatic carboxylic acids is 1. The van der Waals surface area contributed by atoms with E-state index in [1.807, 2.05) is 0 Å². The number of unbranched alkanes of at least 4 members (excludes halogenated alkanes) is 37. The number of hydrogen-bond acceptors (Lipinski definition) is 9. The van der Waals surface area contributed by atoms with Gasteiger partial charge < -0.3 is 25.2 Å². The summed E-state index contributed by atoms with van der Waals surface area (Å²) in [6, 6.07) is -1.52. The van der Waals surface area contributed by atoms with Crippen LogP contribution in [0.3, 0.4) is 0 Å². The molecule has 1 unspecified atom stereocenters. The third-order valence-corrected chi connectivity index (χ3v) is 13.5. The molecule has 11 nitrogen and oxygen atoms in total. The van der Waals surface area contributed by atoms with Crippen molar-refractivity contribution in [1.29, 1.82) is 0 Å². The zero-order valence-corrected chi connectivity index (χ0v) is 43.7. The standard InChI is InChI=1S/C54H104NO10P/c1-3-5-7-9-11-13-15-17-19-21-23-25-27-29-31-33-35-37-39-41-43-45-52(56)62-47-50(48-63-66(60,61)64-49-51(55)54(58)59)65-53(57)46-44-42-40-38-36-34-32-30-28-26-24-22-20-18-16-14-12-10-8-6-4-2/h18,20,50-51H,3-17,19,21-49,55H2,1-2H3,(H,58,59)(H,60,61)/b20-18-/t50-,51+/m1/s1. The first-order valence-electron chi connectivity index (χ1n) is 27.7. The Labute approximate surface area is 405 Å². The first kappa shape index (κ1) is 64.2. The number of carbonyl (C=O) groups excluding carboxylic acids is 2. The number of phosphoric acid groups is 1. The minimum Gasteiger partial charge on any atom is -0.480 e. The van der Waals surface area contributed by atoms with E-state index in [0.717, 1.165) is 38.5 Å². The van der Waals surface area contributed by atoms with E-state index < -0.39 is 51.1 Å². The predicted octanol–water partition coefficient (Wildman–Crippen LogP) is 16.0. The number of carboxylic acid groups (broad SMARTS) is 1. The summed E-state index contributed by atoms with van der Waals surface area (Å²) in [4.78, 5) is 46.3. The molecule has 0 fully saturated rings. The molecule has 0 aliphatic carbocycles. The molecule has 0 bridgehead atoms. The van der Waals surface area contributed by atoms with Crippen molar-refractivity contribution in [3.8, 4) is 0 Å². The van der Waals surface area contributed by atoms with Crippen LogP contribution in [0.5, 0.6) is 0 Å². The Morgan fingerprint density at radius 2 is 0.758 bits per heavy atom. The molecule has 0 saturated heterocycles. The van der Waals surface area contributed by atoms with E-state index in [1.165, 1.54) is 205 Å². The molecular formula is C54H104NO10P. The second-order valence-electron chi connectivity index (χ2n) is 19.1. The van der Waals surface area contributed by atoms with Crippen LogP contribution in [0, 0.1) is 0 Å². The average molecular weight is 958 g/mol. The van der Waals surface area contributed by atoms with Crippen molar-refractivity contribution >= 4 is 25.7 Å². The SMILES string of the molecule is CCCCCCCC/C=C\CCCCCCCCCCCCCC(=O)O[C@H](COC(=O)CCCCCCCCCCCCCCCCCCCCCCC)COP(=O)(O)OC[C@H](N)C(=O)O. The maximum absolute atomic E-state index is 12.7. The zero-order chi connectivity index (χ0) is 48.4. The quantitative estimate of drug-likeness (QED) is 0.0229. The van der Waals surface area contributed by atoms with Gasteiger partial charge in [0.15, 0.2) is 6.10 Å². The van der Waals surface area contributed by atoms with Gasteiger partial charge in [0, 0.05) is 12.8 Å². The van der Waals surface area contributed by atoms with Crippen molar-refractivity contribution in [2.24, 2.45) is 5.73 Å². The normalized spacial score (nSPS) is 13.5. The molecule has 0 aromatic rings. The molecule has 0 aromatic heterocycles. The summed E-state index contributed by atoms with van der Waals surface area (Å²) < 4.78 is 32.9. The molecule has 0 spiro atoms. The summed E-state index contributed by atoms with van der Waals surface area (Å²) in [7, 11) is -4.72. The molecule has 12 heteroatoms. The van der Waals surface area contributed by atoms with Crippen molar-refractivity contribution in [2.75, 3.05) is 19.8 Å². The molecule has 0 rings (SSSR count). The van der Waals surface area contributed by atoms with Gasteiger partial charge in [-0.05, 0) is 38.5 Å². The van der Waals surface area contributed by atoms with Gasteiger partial charge in [-0.3, -0.25) is 23.4 Å². The predicted molar refractivity (Wildman–Crippen MR) is 273 cm³/mol. The lowest BCUT2D eigenvalue weighted by Crippen LogP contribution is -2.34. The molecule has 0 aliphatic rings. The monoisotopic (exact) mass is 958 g/mol. The molecule has 0 amide bonds. The summed E-state index contributed by atoms with van der Waals surface area (Å²) in [5.41, 5.74) is 5.36. The van der Waals surface area contributed by atoms with Gasteiger partial charge in [-0.2, -0.15) is 0 Å². The highest BCUT2D eigenvalue weighted by Gasteiger charge is 2.28. The average Bonchev–Trinajstić information content (AvgIpc) is 3.30. The summed E-state index contributed by atoms with van der Waals surface area (Å²) >= 11 is 0. The maximum Gasteiger partial charge on any atom is 0.472 e. The van der Waals surface area contributed by atoms with Crippen LogP contribution in [0.25, 0.3) is 0 Å². The van der Waals surface area contributed by atoms with Crippen LogP contribution >= 0.6 is 7.82 Å². The van der Waals surface area contributed by atoms with E-state index in [0.29, 0.717) is 12.8 Å². The molecule has 4 N–H and O–H groups in total. The van der Waals surface area contributed by atoms with Gasteiger partial charge in [-0.1, -0.05) is 244 Å². The van der Waals surface area contributed by atoms with Crippen LogP contribution in [0.15, 0.2) is 12.2 Å². The van der Waals surface area contributed by atoms with Crippen molar-refractivity contribution in [2.45, 2.75) is 296 Å². The van der Waals surface area contributed by atoms with E-state index in [4.69, 9.17) is 29.4 Å². The molecule has 0 heterocycles. The van der Waals surface area contributed by atoms with Crippen LogP contribution in [-0.4, -0.2) is 59.9 Å². The van der Waals surface area contributed by atoms with Crippen molar-refractivity contribution in [3.05, 3.63) is 12.2 Å². The summed E-state index contributed by atoms with van der Waals surface area (Å²) in [5, 5.41) is 8.93. The molecular weight excluding hydrogens is 854 g/mol. The van der Waals surface area contributed by atoms with Gasteiger partial charge in [-0.25, -0.2) is 4.57 Å². The van der Waals surface area contributed by atoms with Gasteiger partial charge in [0.1, 0.15) is 12.6 Å². The Kier molecular flexibility index (Phi) is 48.3. The first-order chi connectivity index (χ1) is 32.1. The number of carbonyl (C=O) groups is 3. The molecule has 0 aromatic carbocycles. The maximum atomic E-state index is 12.7. The van der Waals surface area contributed by atoms with E-state index in [2.05, 4.69) is 26.0 Å². The molecule has 66 heavy (non-hydrogen) atoms. The van der Waals surface area contributed by atoms with E-state index in [-0.39, 0.29) is 19.4 Å². The number of hydrogen-bond donors (Lipinski definition) is 3. The molecule has 390 valence electrons. The van der Waals surface area contributed by atoms with Gasteiger partial charge >= 0.3 is 25.7 Å². The Morgan fingerprint density at radius 3 is 1.11 bits per heavy atom. The second kappa shape index (κ2) is 49.6. The largest absolute Gasteiger partial charge is 0.480 e. The molecule has 0 saturated carbocycles.